The van der Waals surface area contributed by atoms with Gasteiger partial charge in [0, 0.05) is 28.1 Å². The van der Waals surface area contributed by atoms with Crippen LogP contribution in [0.1, 0.15) is 60.0 Å². The van der Waals surface area contributed by atoms with Crippen LogP contribution in [-0.2, 0) is 11.8 Å². The fraction of sp³-hybridized carbons (Fsp3) is 0.625. The summed E-state index contributed by atoms with van der Waals surface area (Å²) in [6.45, 7) is 13.9. The Morgan fingerprint density at radius 1 is 1.24 bits per heavy atom. The van der Waals surface area contributed by atoms with Crippen LogP contribution in [0.3, 0.4) is 0 Å². The molecule has 0 aliphatic carbocycles. The van der Waals surface area contributed by atoms with Gasteiger partial charge in [0.05, 0.1) is 21.4 Å². The van der Waals surface area contributed by atoms with Crippen molar-refractivity contribution in [3.63, 3.8) is 0 Å². The van der Waals surface area contributed by atoms with Gasteiger partial charge in [-0.3, -0.25) is 0 Å². The van der Waals surface area contributed by atoms with Crippen LogP contribution in [-0.4, -0.2) is 16.5 Å². The van der Waals surface area contributed by atoms with Crippen LogP contribution in [0.5, 0.6) is 0 Å². The third-order valence-corrected chi connectivity index (χ3v) is 5.46. The molecular formula is C16H25N3S2. The summed E-state index contributed by atoms with van der Waals surface area (Å²) < 4.78 is 0. The Morgan fingerprint density at radius 2 is 1.95 bits per heavy atom. The highest BCUT2D eigenvalue weighted by Gasteiger charge is 2.21. The lowest BCUT2D eigenvalue weighted by molar-refractivity contribution is 0.543. The van der Waals surface area contributed by atoms with E-state index in [1.54, 1.807) is 22.7 Å². The van der Waals surface area contributed by atoms with Crippen LogP contribution < -0.4 is 5.32 Å². The van der Waals surface area contributed by atoms with Gasteiger partial charge in [-0.2, -0.15) is 0 Å². The first-order chi connectivity index (χ1) is 9.81. The smallest absolute Gasteiger partial charge is 0.0947 e. The quantitative estimate of drug-likeness (QED) is 0.886. The molecule has 1 atom stereocenters. The van der Waals surface area contributed by atoms with Gasteiger partial charge in [0.1, 0.15) is 0 Å². The molecule has 0 radical (unpaired) electrons. The molecule has 0 spiro atoms. The molecule has 0 aliphatic rings. The summed E-state index contributed by atoms with van der Waals surface area (Å²) in [5, 5.41) is 8.13. The van der Waals surface area contributed by atoms with Crippen molar-refractivity contribution in [1.82, 2.24) is 15.3 Å². The molecule has 0 aromatic carbocycles. The maximum absolute atomic E-state index is 4.83. The predicted octanol–water partition coefficient (Wildman–Crippen LogP) is 4.41. The zero-order valence-electron chi connectivity index (χ0n) is 13.8. The van der Waals surface area contributed by atoms with E-state index in [2.05, 4.69) is 57.2 Å². The Kier molecular flexibility index (Phi) is 5.17. The van der Waals surface area contributed by atoms with Gasteiger partial charge in [0.25, 0.3) is 0 Å². The minimum Gasteiger partial charge on any atom is -0.309 e. The Bertz CT molecular complexity index is 593. The van der Waals surface area contributed by atoms with Gasteiger partial charge in [-0.1, -0.05) is 27.7 Å². The van der Waals surface area contributed by atoms with E-state index in [4.69, 9.17) is 4.98 Å². The van der Waals surface area contributed by atoms with Crippen LogP contribution >= 0.6 is 22.7 Å². The normalized spacial score (nSPS) is 13.6. The average Bonchev–Trinajstić information content (AvgIpc) is 2.95. The standard InChI is InChI=1S/C16H25N3S2/c1-7-17-12(15-10(2)18-11(3)21-15)8-14-19-13(9-20-14)16(4,5)6/h9,12,17H,7-8H2,1-6H3. The van der Waals surface area contributed by atoms with Gasteiger partial charge in [0.15, 0.2) is 0 Å². The van der Waals surface area contributed by atoms with Gasteiger partial charge >= 0.3 is 0 Å². The lowest BCUT2D eigenvalue weighted by atomic mass is 9.93. The highest BCUT2D eigenvalue weighted by atomic mass is 32.1. The fourth-order valence-electron chi connectivity index (χ4n) is 2.30. The van der Waals surface area contributed by atoms with Crippen molar-refractivity contribution >= 4 is 22.7 Å². The van der Waals surface area contributed by atoms with Gasteiger partial charge in [-0.15, -0.1) is 22.7 Å². The molecule has 0 saturated heterocycles. The molecule has 0 aliphatic heterocycles. The first-order valence-electron chi connectivity index (χ1n) is 7.43. The van der Waals surface area contributed by atoms with E-state index in [0.717, 1.165) is 23.7 Å². The molecule has 1 N–H and O–H groups in total. The predicted molar refractivity (Wildman–Crippen MR) is 92.5 cm³/mol. The lowest BCUT2D eigenvalue weighted by Gasteiger charge is -2.16. The second kappa shape index (κ2) is 6.55. The van der Waals surface area contributed by atoms with E-state index in [9.17, 15) is 0 Å². The first-order valence-corrected chi connectivity index (χ1v) is 9.13. The number of nitrogens with one attached hydrogen (secondary N) is 1. The lowest BCUT2D eigenvalue weighted by Crippen LogP contribution is -2.23. The first kappa shape index (κ1) is 16.6. The minimum atomic E-state index is 0.124. The van der Waals surface area contributed by atoms with Crippen LogP contribution in [0.4, 0.5) is 0 Å². The molecule has 1 unspecified atom stereocenters. The molecule has 0 fully saturated rings. The Morgan fingerprint density at radius 3 is 2.43 bits per heavy atom. The molecule has 0 saturated carbocycles. The largest absolute Gasteiger partial charge is 0.309 e. The van der Waals surface area contributed by atoms with E-state index in [1.165, 1.54) is 15.6 Å². The summed E-state index contributed by atoms with van der Waals surface area (Å²) in [6, 6.07) is 0.320. The Labute approximate surface area is 135 Å². The number of aromatic nitrogens is 2. The average molecular weight is 324 g/mol. The topological polar surface area (TPSA) is 37.8 Å². The molecular weight excluding hydrogens is 298 g/mol. The molecule has 0 amide bonds. The maximum Gasteiger partial charge on any atom is 0.0947 e. The molecule has 0 bridgehead atoms. The second-order valence-corrected chi connectivity index (χ2v) is 8.55. The SMILES string of the molecule is CCNC(Cc1nc(C(C)(C)C)cs1)c1sc(C)nc1C. The van der Waals surface area contributed by atoms with Crippen molar-refractivity contribution in [2.75, 3.05) is 6.54 Å². The zero-order valence-corrected chi connectivity index (χ0v) is 15.4. The fourth-order valence-corrected chi connectivity index (χ4v) is 4.37. The number of hydrogen-bond donors (Lipinski definition) is 1. The van der Waals surface area contributed by atoms with E-state index in [1.807, 2.05) is 0 Å². The Hall–Kier alpha value is -0.780. The van der Waals surface area contributed by atoms with Crippen LogP contribution in [0.15, 0.2) is 5.38 Å². The highest BCUT2D eigenvalue weighted by molar-refractivity contribution is 7.11. The monoisotopic (exact) mass is 323 g/mol. The van der Waals surface area contributed by atoms with Gasteiger partial charge < -0.3 is 5.32 Å². The summed E-state index contributed by atoms with van der Waals surface area (Å²) in [6.07, 6.45) is 0.942. The van der Waals surface area contributed by atoms with Crippen molar-refractivity contribution in [1.29, 1.82) is 0 Å². The van der Waals surface area contributed by atoms with Crippen molar-refractivity contribution in [2.24, 2.45) is 0 Å². The molecule has 2 aromatic rings. The van der Waals surface area contributed by atoms with E-state index >= 15 is 0 Å². The zero-order chi connectivity index (χ0) is 15.6. The number of likely N-dealkylation sites (N-methyl/N-ethyl adjacent to an activating group) is 1. The summed E-state index contributed by atoms with van der Waals surface area (Å²) in [7, 11) is 0. The van der Waals surface area contributed by atoms with E-state index in [0.29, 0.717) is 6.04 Å². The van der Waals surface area contributed by atoms with Crippen molar-refractivity contribution in [3.8, 4) is 0 Å². The van der Waals surface area contributed by atoms with Gasteiger partial charge in [-0.05, 0) is 20.4 Å². The molecule has 2 heterocycles. The van der Waals surface area contributed by atoms with Crippen LogP contribution in [0.2, 0.25) is 0 Å². The van der Waals surface area contributed by atoms with Crippen molar-refractivity contribution < 1.29 is 0 Å². The molecule has 116 valence electrons. The third kappa shape index (κ3) is 4.11. The molecule has 5 heteroatoms. The maximum atomic E-state index is 4.83. The van der Waals surface area contributed by atoms with Crippen molar-refractivity contribution in [2.45, 2.75) is 59.4 Å². The number of thiazole rings is 2. The molecule has 3 nitrogen and oxygen atoms in total. The molecule has 2 aromatic heterocycles. The van der Waals surface area contributed by atoms with Crippen LogP contribution in [0.25, 0.3) is 0 Å². The number of rotatable bonds is 5. The number of nitrogens with zero attached hydrogens (tertiary/aromatic N) is 2. The summed E-state index contributed by atoms with van der Waals surface area (Å²) in [5.41, 5.74) is 2.46. The number of aryl methyl sites for hydroxylation is 2. The van der Waals surface area contributed by atoms with E-state index in [-0.39, 0.29) is 5.41 Å². The second-order valence-electron chi connectivity index (χ2n) is 6.37. The summed E-state index contributed by atoms with van der Waals surface area (Å²) in [4.78, 5) is 10.7. The Balaban J connectivity index is 2.20. The van der Waals surface area contributed by atoms with Crippen LogP contribution in [0, 0.1) is 13.8 Å². The molecule has 2 rings (SSSR count). The summed E-state index contributed by atoms with van der Waals surface area (Å²) in [5.74, 6) is 0. The summed E-state index contributed by atoms with van der Waals surface area (Å²) >= 11 is 3.57. The van der Waals surface area contributed by atoms with Gasteiger partial charge in [-0.25, -0.2) is 9.97 Å². The third-order valence-electron chi connectivity index (χ3n) is 3.41. The minimum absolute atomic E-state index is 0.124. The number of hydrogen-bond acceptors (Lipinski definition) is 5. The highest BCUT2D eigenvalue weighted by Crippen LogP contribution is 2.30. The van der Waals surface area contributed by atoms with E-state index < -0.39 is 0 Å². The van der Waals surface area contributed by atoms with Crippen molar-refractivity contribution in [3.05, 3.63) is 31.7 Å². The van der Waals surface area contributed by atoms with Gasteiger partial charge in [0.2, 0.25) is 0 Å². The molecule has 21 heavy (non-hydrogen) atoms.